The molecule has 0 aliphatic heterocycles. The topological polar surface area (TPSA) is 79.3 Å². The SMILES string of the molecule is O=C(NC1(C(=O)O)CCC1)c1csc(-c2ccc(Cl)cc2)n1. The number of nitrogens with one attached hydrogen (secondary N) is 1. The van der Waals surface area contributed by atoms with Gasteiger partial charge in [-0.2, -0.15) is 0 Å². The van der Waals surface area contributed by atoms with Crippen LogP contribution in [0.25, 0.3) is 10.6 Å². The zero-order valence-electron chi connectivity index (χ0n) is 11.5. The Morgan fingerprint density at radius 1 is 1.27 bits per heavy atom. The minimum absolute atomic E-state index is 0.238. The zero-order valence-corrected chi connectivity index (χ0v) is 13.1. The number of halogens is 1. The Bertz CT molecular complexity index is 723. The van der Waals surface area contributed by atoms with Crippen molar-refractivity contribution in [2.45, 2.75) is 24.8 Å². The normalized spacial score (nSPS) is 15.9. The lowest BCUT2D eigenvalue weighted by molar-refractivity contribution is -0.148. The molecule has 1 aliphatic rings. The van der Waals surface area contributed by atoms with Gasteiger partial charge in [-0.3, -0.25) is 4.79 Å². The Hall–Kier alpha value is -1.92. The van der Waals surface area contributed by atoms with E-state index in [9.17, 15) is 14.7 Å². The van der Waals surface area contributed by atoms with E-state index in [1.54, 1.807) is 17.5 Å². The molecule has 2 aromatic rings. The van der Waals surface area contributed by atoms with Crippen molar-refractivity contribution in [3.63, 3.8) is 0 Å². The van der Waals surface area contributed by atoms with Gasteiger partial charge >= 0.3 is 5.97 Å². The number of hydrogen-bond acceptors (Lipinski definition) is 4. The summed E-state index contributed by atoms with van der Waals surface area (Å²) in [7, 11) is 0. The van der Waals surface area contributed by atoms with Crippen LogP contribution in [0, 0.1) is 0 Å². The number of aromatic nitrogens is 1. The summed E-state index contributed by atoms with van der Waals surface area (Å²) in [4.78, 5) is 27.8. The number of thiazole rings is 1. The molecule has 114 valence electrons. The number of aliphatic carboxylic acids is 1. The van der Waals surface area contributed by atoms with E-state index in [-0.39, 0.29) is 5.69 Å². The first-order valence-electron chi connectivity index (χ1n) is 6.78. The Labute approximate surface area is 136 Å². The van der Waals surface area contributed by atoms with Gasteiger partial charge in [-0.15, -0.1) is 11.3 Å². The van der Waals surface area contributed by atoms with Crippen LogP contribution in [-0.2, 0) is 4.79 Å². The number of hydrogen-bond donors (Lipinski definition) is 2. The fourth-order valence-electron chi connectivity index (χ4n) is 2.31. The zero-order chi connectivity index (χ0) is 15.7. The summed E-state index contributed by atoms with van der Waals surface area (Å²) in [5, 5.41) is 14.8. The molecule has 1 heterocycles. The van der Waals surface area contributed by atoms with Crippen molar-refractivity contribution in [2.24, 2.45) is 0 Å². The molecule has 0 bridgehead atoms. The largest absolute Gasteiger partial charge is 0.480 e. The van der Waals surface area contributed by atoms with Crippen LogP contribution in [0.5, 0.6) is 0 Å². The Kier molecular flexibility index (Phi) is 3.88. The first kappa shape index (κ1) is 15.0. The van der Waals surface area contributed by atoms with Gasteiger partial charge in [0.05, 0.1) is 0 Å². The van der Waals surface area contributed by atoms with Gasteiger partial charge in [0, 0.05) is 16.0 Å². The Morgan fingerprint density at radius 2 is 1.95 bits per heavy atom. The van der Waals surface area contributed by atoms with E-state index in [0.717, 1.165) is 12.0 Å². The number of carbonyl (C=O) groups is 2. The summed E-state index contributed by atoms with van der Waals surface area (Å²) in [5.41, 5.74) is -0.0197. The summed E-state index contributed by atoms with van der Waals surface area (Å²) >= 11 is 7.18. The van der Waals surface area contributed by atoms with Crippen molar-refractivity contribution in [1.29, 1.82) is 0 Å². The molecule has 7 heteroatoms. The number of nitrogens with zero attached hydrogens (tertiary/aromatic N) is 1. The predicted octanol–water partition coefficient (Wildman–Crippen LogP) is 3.20. The molecule has 2 N–H and O–H groups in total. The van der Waals surface area contributed by atoms with Crippen molar-refractivity contribution < 1.29 is 14.7 Å². The molecule has 0 saturated heterocycles. The summed E-state index contributed by atoms with van der Waals surface area (Å²) in [5.74, 6) is -1.43. The molecule has 1 aromatic heterocycles. The van der Waals surface area contributed by atoms with Gasteiger partial charge in [0.15, 0.2) is 0 Å². The molecule has 0 radical (unpaired) electrons. The highest BCUT2D eigenvalue weighted by Crippen LogP contribution is 2.32. The first-order valence-corrected chi connectivity index (χ1v) is 8.03. The number of benzene rings is 1. The van der Waals surface area contributed by atoms with Crippen molar-refractivity contribution in [2.75, 3.05) is 0 Å². The summed E-state index contributed by atoms with van der Waals surface area (Å²) in [6.07, 6.45) is 1.73. The van der Waals surface area contributed by atoms with E-state index in [1.165, 1.54) is 11.3 Å². The lowest BCUT2D eigenvalue weighted by atomic mass is 9.76. The number of carboxylic acid groups (broad SMARTS) is 1. The van der Waals surface area contributed by atoms with Crippen LogP contribution >= 0.6 is 22.9 Å². The number of carbonyl (C=O) groups excluding carboxylic acids is 1. The third-order valence-corrected chi connectivity index (χ3v) is 4.94. The third kappa shape index (κ3) is 2.71. The minimum atomic E-state index is -1.12. The van der Waals surface area contributed by atoms with Crippen molar-refractivity contribution in [3.8, 4) is 10.6 Å². The quantitative estimate of drug-likeness (QED) is 0.898. The maximum Gasteiger partial charge on any atom is 0.329 e. The van der Waals surface area contributed by atoms with Crippen LogP contribution in [0.3, 0.4) is 0 Å². The molecular weight excluding hydrogens is 324 g/mol. The lowest BCUT2D eigenvalue weighted by Gasteiger charge is -2.37. The van der Waals surface area contributed by atoms with E-state index in [2.05, 4.69) is 10.3 Å². The van der Waals surface area contributed by atoms with Gasteiger partial charge in [-0.25, -0.2) is 9.78 Å². The van der Waals surface area contributed by atoms with Crippen molar-refractivity contribution in [1.82, 2.24) is 10.3 Å². The molecule has 1 aliphatic carbocycles. The molecule has 1 amide bonds. The molecule has 1 aromatic carbocycles. The van der Waals surface area contributed by atoms with Crippen LogP contribution < -0.4 is 5.32 Å². The van der Waals surface area contributed by atoms with Crippen molar-refractivity contribution in [3.05, 3.63) is 40.4 Å². The Balaban J connectivity index is 1.77. The highest BCUT2D eigenvalue weighted by molar-refractivity contribution is 7.13. The van der Waals surface area contributed by atoms with Gasteiger partial charge in [0.1, 0.15) is 16.2 Å². The van der Waals surface area contributed by atoms with Crippen molar-refractivity contribution >= 4 is 34.8 Å². The number of rotatable bonds is 4. The van der Waals surface area contributed by atoms with Crippen LogP contribution in [0.2, 0.25) is 5.02 Å². The first-order chi connectivity index (χ1) is 10.5. The van der Waals surface area contributed by atoms with Crippen LogP contribution in [-0.4, -0.2) is 27.5 Å². The number of carboxylic acids is 1. The second-order valence-corrected chi connectivity index (χ2v) is 6.53. The minimum Gasteiger partial charge on any atom is -0.480 e. The van der Waals surface area contributed by atoms with E-state index in [4.69, 9.17) is 11.6 Å². The average Bonchev–Trinajstić information content (AvgIpc) is 2.93. The van der Waals surface area contributed by atoms with E-state index in [0.29, 0.717) is 22.9 Å². The van der Waals surface area contributed by atoms with E-state index >= 15 is 0 Å². The highest BCUT2D eigenvalue weighted by atomic mass is 35.5. The molecule has 0 spiro atoms. The summed E-state index contributed by atoms with van der Waals surface area (Å²) in [6, 6.07) is 7.17. The standard InChI is InChI=1S/C15H13ClN2O3S/c16-10-4-2-9(3-5-10)13-17-11(8-22-13)12(19)18-15(14(20)21)6-1-7-15/h2-5,8H,1,6-7H2,(H,18,19)(H,20,21). The molecule has 0 unspecified atom stereocenters. The van der Waals surface area contributed by atoms with E-state index in [1.807, 2.05) is 12.1 Å². The lowest BCUT2D eigenvalue weighted by Crippen LogP contribution is -2.59. The second-order valence-electron chi connectivity index (χ2n) is 5.24. The van der Waals surface area contributed by atoms with Gasteiger partial charge in [-0.05, 0) is 31.4 Å². The van der Waals surface area contributed by atoms with Gasteiger partial charge < -0.3 is 10.4 Å². The molecule has 22 heavy (non-hydrogen) atoms. The molecular formula is C15H13ClN2O3S. The molecule has 5 nitrogen and oxygen atoms in total. The molecule has 1 saturated carbocycles. The van der Waals surface area contributed by atoms with Gasteiger partial charge in [0.25, 0.3) is 5.91 Å². The second kappa shape index (κ2) is 5.70. The maximum absolute atomic E-state index is 12.2. The maximum atomic E-state index is 12.2. The predicted molar refractivity (Wildman–Crippen MR) is 84.2 cm³/mol. The van der Waals surface area contributed by atoms with Crippen LogP contribution in [0.4, 0.5) is 0 Å². The summed E-state index contributed by atoms with van der Waals surface area (Å²) < 4.78 is 0. The van der Waals surface area contributed by atoms with Crippen LogP contribution in [0.1, 0.15) is 29.8 Å². The molecule has 3 rings (SSSR count). The number of amides is 1. The third-order valence-electron chi connectivity index (χ3n) is 3.80. The average molecular weight is 337 g/mol. The van der Waals surface area contributed by atoms with Crippen LogP contribution in [0.15, 0.2) is 29.6 Å². The molecule has 1 fully saturated rings. The van der Waals surface area contributed by atoms with E-state index < -0.39 is 17.4 Å². The summed E-state index contributed by atoms with van der Waals surface area (Å²) in [6.45, 7) is 0. The molecule has 0 atom stereocenters. The monoisotopic (exact) mass is 336 g/mol. The smallest absolute Gasteiger partial charge is 0.329 e. The fraction of sp³-hybridized carbons (Fsp3) is 0.267. The fourth-order valence-corrected chi connectivity index (χ4v) is 3.24. The van der Waals surface area contributed by atoms with Gasteiger partial charge in [0.2, 0.25) is 0 Å². The van der Waals surface area contributed by atoms with Gasteiger partial charge in [-0.1, -0.05) is 23.7 Å². The highest BCUT2D eigenvalue weighted by Gasteiger charge is 2.46. The Morgan fingerprint density at radius 3 is 2.50 bits per heavy atom.